The molecule has 158 valence electrons. The van der Waals surface area contributed by atoms with E-state index in [1.54, 1.807) is 13.2 Å². The van der Waals surface area contributed by atoms with E-state index in [1.165, 1.54) is 5.56 Å². The fourth-order valence-electron chi connectivity index (χ4n) is 3.00. The van der Waals surface area contributed by atoms with Gasteiger partial charge >= 0.3 is 0 Å². The molecule has 0 atom stereocenters. The minimum Gasteiger partial charge on any atom is -0.493 e. The molecule has 3 nitrogen and oxygen atoms in total. The number of ether oxygens (including phenoxy) is 2. The minimum atomic E-state index is 0.451. The van der Waals surface area contributed by atoms with E-state index in [0.717, 1.165) is 29.7 Å². The van der Waals surface area contributed by atoms with Crippen LogP contribution in [0.2, 0.25) is 15.1 Å². The molecule has 3 rings (SSSR count). The van der Waals surface area contributed by atoms with E-state index < -0.39 is 0 Å². The van der Waals surface area contributed by atoms with Crippen molar-refractivity contribution in [3.05, 3.63) is 91.9 Å². The van der Waals surface area contributed by atoms with Gasteiger partial charge in [0.05, 0.1) is 7.11 Å². The second kappa shape index (κ2) is 10.9. The van der Waals surface area contributed by atoms with Crippen LogP contribution in [0.25, 0.3) is 0 Å². The smallest absolute Gasteiger partial charge is 0.163 e. The van der Waals surface area contributed by atoms with Crippen molar-refractivity contribution in [1.29, 1.82) is 0 Å². The second-order valence-corrected chi connectivity index (χ2v) is 8.28. The van der Waals surface area contributed by atoms with Gasteiger partial charge in [0.15, 0.2) is 11.5 Å². The summed E-state index contributed by atoms with van der Waals surface area (Å²) in [4.78, 5) is 0. The minimum absolute atomic E-state index is 0.451. The van der Waals surface area contributed by atoms with Crippen molar-refractivity contribution >= 4 is 34.8 Å². The summed E-state index contributed by atoms with van der Waals surface area (Å²) in [5.41, 5.74) is 4.30. The molecule has 0 bridgehead atoms. The molecule has 0 radical (unpaired) electrons. The molecule has 0 aromatic heterocycles. The van der Waals surface area contributed by atoms with Crippen LogP contribution < -0.4 is 14.8 Å². The summed E-state index contributed by atoms with van der Waals surface area (Å²) in [6.07, 6.45) is 0.794. The zero-order valence-electron chi connectivity index (χ0n) is 17.0. The second-order valence-electron chi connectivity index (χ2n) is 7.03. The highest BCUT2D eigenvalue weighted by atomic mass is 35.5. The maximum Gasteiger partial charge on any atom is 0.163 e. The Morgan fingerprint density at radius 2 is 1.57 bits per heavy atom. The van der Waals surface area contributed by atoms with Crippen LogP contribution in [-0.2, 0) is 19.6 Å². The molecule has 0 fully saturated rings. The summed E-state index contributed by atoms with van der Waals surface area (Å²) in [5.74, 6) is 1.28. The SMILES string of the molecule is COc1cc(CNCCc2ccc(Cl)cc2Cl)c(Cl)cc1OCc1ccc(C)cc1. The molecule has 6 heteroatoms. The Morgan fingerprint density at radius 1 is 0.833 bits per heavy atom. The summed E-state index contributed by atoms with van der Waals surface area (Å²) < 4.78 is 11.5. The first-order chi connectivity index (χ1) is 14.5. The molecule has 0 spiro atoms. The van der Waals surface area contributed by atoms with Gasteiger partial charge in [0.1, 0.15) is 6.61 Å². The van der Waals surface area contributed by atoms with Gasteiger partial charge in [0, 0.05) is 27.7 Å². The van der Waals surface area contributed by atoms with E-state index >= 15 is 0 Å². The van der Waals surface area contributed by atoms with Crippen LogP contribution in [0.1, 0.15) is 22.3 Å². The molecular weight excluding hydrogens is 441 g/mol. The number of methoxy groups -OCH3 is 1. The van der Waals surface area contributed by atoms with Crippen LogP contribution in [0, 0.1) is 6.92 Å². The molecule has 0 heterocycles. The Balaban J connectivity index is 1.58. The van der Waals surface area contributed by atoms with Gasteiger partial charge in [-0.15, -0.1) is 0 Å². The van der Waals surface area contributed by atoms with Crippen LogP contribution in [0.15, 0.2) is 54.6 Å². The van der Waals surface area contributed by atoms with Crippen LogP contribution >= 0.6 is 34.8 Å². The predicted molar refractivity (Wildman–Crippen MR) is 125 cm³/mol. The van der Waals surface area contributed by atoms with E-state index in [-0.39, 0.29) is 0 Å². The maximum atomic E-state index is 6.49. The van der Waals surface area contributed by atoms with Crippen LogP contribution in [0.5, 0.6) is 11.5 Å². The van der Waals surface area contributed by atoms with E-state index in [0.29, 0.717) is 39.7 Å². The summed E-state index contributed by atoms with van der Waals surface area (Å²) in [6.45, 7) is 3.88. The molecule has 0 aliphatic heterocycles. The predicted octanol–water partition coefficient (Wildman–Crippen LogP) is 6.88. The summed E-state index contributed by atoms with van der Waals surface area (Å²) in [5, 5.41) is 5.34. The highest BCUT2D eigenvalue weighted by Gasteiger charge is 2.11. The lowest BCUT2D eigenvalue weighted by atomic mass is 10.1. The van der Waals surface area contributed by atoms with Gasteiger partial charge in [0.2, 0.25) is 0 Å². The third-order valence-electron chi connectivity index (χ3n) is 4.75. The van der Waals surface area contributed by atoms with Gasteiger partial charge in [-0.05, 0) is 54.8 Å². The summed E-state index contributed by atoms with van der Waals surface area (Å²) >= 11 is 18.7. The zero-order chi connectivity index (χ0) is 21.5. The van der Waals surface area contributed by atoms with Gasteiger partial charge in [-0.25, -0.2) is 0 Å². The molecule has 3 aromatic rings. The van der Waals surface area contributed by atoms with Crippen LogP contribution in [-0.4, -0.2) is 13.7 Å². The molecule has 0 aliphatic carbocycles. The Bertz CT molecular complexity index is 990. The summed E-state index contributed by atoms with van der Waals surface area (Å²) in [6, 6.07) is 17.5. The number of halogens is 3. The van der Waals surface area contributed by atoms with E-state index in [1.807, 2.05) is 24.3 Å². The Hall–Kier alpha value is -1.91. The highest BCUT2D eigenvalue weighted by molar-refractivity contribution is 6.35. The standard InChI is InChI=1S/C24H24Cl3NO2/c1-16-3-5-17(6-4-16)15-30-24-13-22(27)19(11-23(24)29-2)14-28-10-9-18-7-8-20(25)12-21(18)26/h3-8,11-13,28H,9-10,14-15H2,1-2H3. The van der Waals surface area contributed by atoms with Crippen molar-refractivity contribution in [2.45, 2.75) is 26.5 Å². The number of aryl methyl sites for hydroxylation is 1. The number of nitrogens with one attached hydrogen (secondary N) is 1. The first-order valence-electron chi connectivity index (χ1n) is 9.65. The third-order valence-corrected chi connectivity index (χ3v) is 5.69. The fraction of sp³-hybridized carbons (Fsp3) is 0.250. The molecule has 0 saturated heterocycles. The molecule has 3 aromatic carbocycles. The Morgan fingerprint density at radius 3 is 2.27 bits per heavy atom. The number of hydrogen-bond acceptors (Lipinski definition) is 3. The lowest BCUT2D eigenvalue weighted by Gasteiger charge is -2.14. The van der Waals surface area contributed by atoms with Crippen LogP contribution in [0.3, 0.4) is 0 Å². The largest absolute Gasteiger partial charge is 0.493 e. The average Bonchev–Trinajstić information content (AvgIpc) is 2.73. The molecule has 0 saturated carbocycles. The van der Waals surface area contributed by atoms with Crippen molar-refractivity contribution in [1.82, 2.24) is 5.32 Å². The van der Waals surface area contributed by atoms with E-state index in [2.05, 4.69) is 36.5 Å². The summed E-state index contributed by atoms with van der Waals surface area (Å²) in [7, 11) is 1.63. The Labute approximate surface area is 192 Å². The number of hydrogen-bond donors (Lipinski definition) is 1. The molecular formula is C24H24Cl3NO2. The van der Waals surface area contributed by atoms with E-state index in [9.17, 15) is 0 Å². The maximum absolute atomic E-state index is 6.49. The van der Waals surface area contributed by atoms with Crippen molar-refractivity contribution in [3.8, 4) is 11.5 Å². The van der Waals surface area contributed by atoms with Gasteiger partial charge in [0.25, 0.3) is 0 Å². The van der Waals surface area contributed by atoms with Gasteiger partial charge in [-0.1, -0.05) is 70.7 Å². The van der Waals surface area contributed by atoms with Crippen molar-refractivity contribution in [3.63, 3.8) is 0 Å². The van der Waals surface area contributed by atoms with Gasteiger partial charge < -0.3 is 14.8 Å². The normalized spacial score (nSPS) is 10.8. The number of rotatable bonds is 9. The molecule has 0 aliphatic rings. The monoisotopic (exact) mass is 463 g/mol. The Kier molecular flexibility index (Phi) is 8.29. The zero-order valence-corrected chi connectivity index (χ0v) is 19.2. The molecule has 1 N–H and O–H groups in total. The number of benzene rings is 3. The van der Waals surface area contributed by atoms with E-state index in [4.69, 9.17) is 44.3 Å². The lowest BCUT2D eigenvalue weighted by molar-refractivity contribution is 0.284. The van der Waals surface area contributed by atoms with Crippen molar-refractivity contribution in [2.24, 2.45) is 0 Å². The van der Waals surface area contributed by atoms with Crippen molar-refractivity contribution in [2.75, 3.05) is 13.7 Å². The first-order valence-corrected chi connectivity index (χ1v) is 10.8. The topological polar surface area (TPSA) is 30.5 Å². The lowest BCUT2D eigenvalue weighted by Crippen LogP contribution is -2.17. The molecule has 30 heavy (non-hydrogen) atoms. The average molecular weight is 465 g/mol. The van der Waals surface area contributed by atoms with Gasteiger partial charge in [-0.2, -0.15) is 0 Å². The fourth-order valence-corrected chi connectivity index (χ4v) is 3.72. The molecule has 0 unspecified atom stereocenters. The highest BCUT2D eigenvalue weighted by Crippen LogP contribution is 2.34. The third kappa shape index (κ3) is 6.29. The first kappa shape index (κ1) is 22.8. The van der Waals surface area contributed by atoms with Gasteiger partial charge in [-0.3, -0.25) is 0 Å². The van der Waals surface area contributed by atoms with Crippen LogP contribution in [0.4, 0.5) is 0 Å². The van der Waals surface area contributed by atoms with Crippen molar-refractivity contribution < 1.29 is 9.47 Å². The molecule has 0 amide bonds. The quantitative estimate of drug-likeness (QED) is 0.350.